The summed E-state index contributed by atoms with van der Waals surface area (Å²) in [5, 5.41) is 0. The van der Waals surface area contributed by atoms with Crippen LogP contribution in [0.1, 0.15) is 76.3 Å². The predicted octanol–water partition coefficient (Wildman–Crippen LogP) is 7.88. The maximum atomic E-state index is 3.73. The van der Waals surface area contributed by atoms with Gasteiger partial charge in [-0.15, -0.1) is 0 Å². The third-order valence-electron chi connectivity index (χ3n) is 5.64. The lowest BCUT2D eigenvalue weighted by molar-refractivity contribution is 0.405. The van der Waals surface area contributed by atoms with Crippen LogP contribution in [0, 0.1) is 0 Å². The van der Waals surface area contributed by atoms with Crippen molar-refractivity contribution < 1.29 is 0 Å². The number of unbranched alkanes of at least 4 members (excludes halogenated alkanes) is 4. The number of halogens is 1. The molecule has 0 saturated heterocycles. The first kappa shape index (κ1) is 17.7. The molecule has 0 atom stereocenters. The van der Waals surface area contributed by atoms with Crippen molar-refractivity contribution in [3.8, 4) is 11.1 Å². The van der Waals surface area contributed by atoms with Crippen molar-refractivity contribution in [1.82, 2.24) is 0 Å². The molecule has 0 N–H and O–H groups in total. The Morgan fingerprint density at radius 2 is 1.38 bits per heavy atom. The van der Waals surface area contributed by atoms with E-state index >= 15 is 0 Å². The fourth-order valence-electron chi connectivity index (χ4n) is 4.44. The van der Waals surface area contributed by atoms with Gasteiger partial charge >= 0.3 is 0 Å². The van der Waals surface area contributed by atoms with E-state index < -0.39 is 0 Å². The predicted molar refractivity (Wildman–Crippen MR) is 109 cm³/mol. The molecule has 1 aliphatic rings. The second-order valence-electron chi connectivity index (χ2n) is 7.23. The smallest absolute Gasteiger partial charge is 0.0215 e. The van der Waals surface area contributed by atoms with Crippen LogP contribution >= 0.6 is 15.9 Å². The minimum absolute atomic E-state index is 0.222. The first-order chi connectivity index (χ1) is 11.7. The molecule has 0 saturated carbocycles. The SMILES string of the molecule is CCCCCC1(CCCCC)c2ccccc2-c2ccc(Br)cc21. The minimum Gasteiger partial charge on any atom is -0.0654 e. The Labute approximate surface area is 155 Å². The molecule has 0 spiro atoms. The highest BCUT2D eigenvalue weighted by Crippen LogP contribution is 2.54. The molecule has 1 aliphatic carbocycles. The summed E-state index contributed by atoms with van der Waals surface area (Å²) in [6.45, 7) is 4.60. The van der Waals surface area contributed by atoms with Gasteiger partial charge in [0.1, 0.15) is 0 Å². The lowest BCUT2D eigenvalue weighted by atomic mass is 9.70. The van der Waals surface area contributed by atoms with Crippen molar-refractivity contribution in [1.29, 1.82) is 0 Å². The van der Waals surface area contributed by atoms with Crippen LogP contribution in [0.3, 0.4) is 0 Å². The summed E-state index contributed by atoms with van der Waals surface area (Å²) in [7, 11) is 0. The zero-order chi connectivity index (χ0) is 17.0. The molecule has 0 amide bonds. The largest absolute Gasteiger partial charge is 0.0654 e. The van der Waals surface area contributed by atoms with Crippen LogP contribution in [-0.2, 0) is 5.41 Å². The molecule has 0 bridgehead atoms. The summed E-state index contributed by atoms with van der Waals surface area (Å²) in [4.78, 5) is 0. The van der Waals surface area contributed by atoms with Crippen LogP contribution in [0.4, 0.5) is 0 Å². The van der Waals surface area contributed by atoms with Crippen LogP contribution in [0.25, 0.3) is 11.1 Å². The van der Waals surface area contributed by atoms with E-state index in [4.69, 9.17) is 0 Å². The standard InChI is InChI=1S/C23H29Br/c1-3-5-9-15-23(16-10-6-4-2)21-12-8-7-11-19(21)20-14-13-18(24)17-22(20)23/h7-8,11-14,17H,3-6,9-10,15-16H2,1-2H3. The van der Waals surface area contributed by atoms with Gasteiger partial charge in [0.05, 0.1) is 0 Å². The summed E-state index contributed by atoms with van der Waals surface area (Å²) in [5.41, 5.74) is 6.28. The molecule has 0 aromatic heterocycles. The Balaban J connectivity index is 2.09. The van der Waals surface area contributed by atoms with Gasteiger partial charge in [0.15, 0.2) is 0 Å². The number of fused-ring (bicyclic) bond motifs is 3. The number of benzene rings is 2. The van der Waals surface area contributed by atoms with E-state index in [1.165, 1.54) is 67.0 Å². The Hall–Kier alpha value is -1.08. The highest BCUT2D eigenvalue weighted by Gasteiger charge is 2.41. The van der Waals surface area contributed by atoms with E-state index in [2.05, 4.69) is 72.2 Å². The number of hydrogen-bond donors (Lipinski definition) is 0. The van der Waals surface area contributed by atoms with Gasteiger partial charge in [-0.2, -0.15) is 0 Å². The summed E-state index contributed by atoms with van der Waals surface area (Å²) in [6.07, 6.45) is 10.5. The van der Waals surface area contributed by atoms with Gasteiger partial charge < -0.3 is 0 Å². The average molecular weight is 385 g/mol. The Morgan fingerprint density at radius 3 is 2.04 bits per heavy atom. The van der Waals surface area contributed by atoms with Crippen molar-refractivity contribution in [3.63, 3.8) is 0 Å². The van der Waals surface area contributed by atoms with Gasteiger partial charge in [-0.3, -0.25) is 0 Å². The van der Waals surface area contributed by atoms with Gasteiger partial charge in [0.2, 0.25) is 0 Å². The summed E-state index contributed by atoms with van der Waals surface area (Å²) in [6, 6.07) is 16.0. The molecule has 0 nitrogen and oxygen atoms in total. The zero-order valence-corrected chi connectivity index (χ0v) is 16.7. The quantitative estimate of drug-likeness (QED) is 0.406. The monoisotopic (exact) mass is 384 g/mol. The summed E-state index contributed by atoms with van der Waals surface area (Å²) >= 11 is 3.73. The maximum absolute atomic E-state index is 3.73. The lowest BCUT2D eigenvalue weighted by Crippen LogP contribution is -2.25. The van der Waals surface area contributed by atoms with Crippen molar-refractivity contribution in [2.24, 2.45) is 0 Å². The van der Waals surface area contributed by atoms with E-state index in [1.54, 1.807) is 11.1 Å². The van der Waals surface area contributed by atoms with Crippen LogP contribution in [-0.4, -0.2) is 0 Å². The Morgan fingerprint density at radius 1 is 0.750 bits per heavy atom. The summed E-state index contributed by atoms with van der Waals surface area (Å²) in [5.74, 6) is 0. The topological polar surface area (TPSA) is 0 Å². The molecule has 2 aromatic rings. The molecule has 2 aromatic carbocycles. The fraction of sp³-hybridized carbons (Fsp3) is 0.478. The number of rotatable bonds is 8. The molecule has 0 fully saturated rings. The second-order valence-corrected chi connectivity index (χ2v) is 8.15. The van der Waals surface area contributed by atoms with E-state index in [1.807, 2.05) is 0 Å². The van der Waals surface area contributed by atoms with Crippen molar-refractivity contribution in [2.75, 3.05) is 0 Å². The fourth-order valence-corrected chi connectivity index (χ4v) is 4.81. The molecule has 3 rings (SSSR count). The van der Waals surface area contributed by atoms with Crippen LogP contribution in [0.2, 0.25) is 0 Å². The van der Waals surface area contributed by atoms with Gasteiger partial charge in [0, 0.05) is 9.89 Å². The number of hydrogen-bond acceptors (Lipinski definition) is 0. The van der Waals surface area contributed by atoms with Gasteiger partial charge in [-0.1, -0.05) is 98.6 Å². The Kier molecular flexibility index (Phi) is 5.81. The molecule has 0 unspecified atom stereocenters. The zero-order valence-electron chi connectivity index (χ0n) is 15.1. The molecule has 128 valence electrons. The molecule has 1 heteroatoms. The van der Waals surface area contributed by atoms with Crippen LogP contribution in [0.15, 0.2) is 46.9 Å². The Bertz CT molecular complexity index is 676. The molecule has 0 radical (unpaired) electrons. The van der Waals surface area contributed by atoms with E-state index in [0.29, 0.717) is 0 Å². The highest BCUT2D eigenvalue weighted by atomic mass is 79.9. The van der Waals surface area contributed by atoms with Gasteiger partial charge in [0.25, 0.3) is 0 Å². The summed E-state index contributed by atoms with van der Waals surface area (Å²) < 4.78 is 1.21. The van der Waals surface area contributed by atoms with E-state index in [9.17, 15) is 0 Å². The molecule has 0 heterocycles. The maximum Gasteiger partial charge on any atom is 0.0215 e. The third-order valence-corrected chi connectivity index (χ3v) is 6.14. The van der Waals surface area contributed by atoms with Gasteiger partial charge in [-0.25, -0.2) is 0 Å². The normalized spacial score (nSPS) is 14.5. The van der Waals surface area contributed by atoms with E-state index in [0.717, 1.165) is 0 Å². The van der Waals surface area contributed by atoms with Crippen molar-refractivity contribution >= 4 is 15.9 Å². The van der Waals surface area contributed by atoms with Crippen molar-refractivity contribution in [3.05, 3.63) is 58.1 Å². The van der Waals surface area contributed by atoms with Crippen LogP contribution in [0.5, 0.6) is 0 Å². The molecule has 0 aliphatic heterocycles. The lowest BCUT2D eigenvalue weighted by Gasteiger charge is -2.33. The first-order valence-corrected chi connectivity index (χ1v) is 10.4. The second kappa shape index (κ2) is 7.87. The molecular formula is C23H29Br. The first-order valence-electron chi connectivity index (χ1n) is 9.63. The third kappa shape index (κ3) is 3.20. The van der Waals surface area contributed by atoms with Gasteiger partial charge in [-0.05, 0) is 47.2 Å². The molecule has 24 heavy (non-hydrogen) atoms. The highest BCUT2D eigenvalue weighted by molar-refractivity contribution is 9.10. The molecular weight excluding hydrogens is 356 g/mol. The average Bonchev–Trinajstić information content (AvgIpc) is 2.86. The minimum atomic E-state index is 0.222. The van der Waals surface area contributed by atoms with E-state index in [-0.39, 0.29) is 5.41 Å². The van der Waals surface area contributed by atoms with Crippen LogP contribution < -0.4 is 0 Å². The van der Waals surface area contributed by atoms with Crippen molar-refractivity contribution in [2.45, 2.75) is 70.6 Å².